The van der Waals surface area contributed by atoms with Gasteiger partial charge in [-0.15, -0.1) is 12.4 Å². The lowest BCUT2D eigenvalue weighted by atomic mass is 10.0. The molecule has 84 valence electrons. The van der Waals surface area contributed by atoms with E-state index < -0.39 is 12.0 Å². The lowest BCUT2D eigenvalue weighted by molar-refractivity contribution is -0.142. The van der Waals surface area contributed by atoms with Crippen molar-refractivity contribution in [3.63, 3.8) is 0 Å². The van der Waals surface area contributed by atoms with Crippen LogP contribution in [-0.2, 0) is 16.0 Å². The van der Waals surface area contributed by atoms with Crippen LogP contribution in [0.1, 0.15) is 24.1 Å². The SMILES string of the molecule is CCc1ccc(C(N)C(=O)OC)cc1.Cl. The van der Waals surface area contributed by atoms with Crippen molar-refractivity contribution in [3.05, 3.63) is 35.4 Å². The predicted molar refractivity (Wildman–Crippen MR) is 62.0 cm³/mol. The smallest absolute Gasteiger partial charge is 0.327 e. The largest absolute Gasteiger partial charge is 0.468 e. The van der Waals surface area contributed by atoms with Gasteiger partial charge in [0.25, 0.3) is 0 Å². The van der Waals surface area contributed by atoms with Crippen molar-refractivity contribution in [2.24, 2.45) is 5.73 Å². The van der Waals surface area contributed by atoms with E-state index in [1.54, 1.807) is 0 Å². The minimum atomic E-state index is -0.675. The van der Waals surface area contributed by atoms with Crippen molar-refractivity contribution in [1.82, 2.24) is 0 Å². The summed E-state index contributed by atoms with van der Waals surface area (Å²) in [4.78, 5) is 11.1. The average molecular weight is 230 g/mol. The lowest BCUT2D eigenvalue weighted by Crippen LogP contribution is -2.22. The molecule has 15 heavy (non-hydrogen) atoms. The molecule has 2 N–H and O–H groups in total. The molecule has 0 aliphatic carbocycles. The van der Waals surface area contributed by atoms with Crippen LogP contribution in [0, 0.1) is 0 Å². The Morgan fingerprint density at radius 1 is 1.40 bits per heavy atom. The van der Waals surface area contributed by atoms with Crippen LogP contribution in [0.15, 0.2) is 24.3 Å². The van der Waals surface area contributed by atoms with Crippen molar-refractivity contribution < 1.29 is 9.53 Å². The van der Waals surface area contributed by atoms with E-state index in [2.05, 4.69) is 11.7 Å². The topological polar surface area (TPSA) is 52.3 Å². The third kappa shape index (κ3) is 3.53. The molecule has 4 heteroatoms. The fourth-order valence-corrected chi connectivity index (χ4v) is 1.22. The molecule has 3 nitrogen and oxygen atoms in total. The van der Waals surface area contributed by atoms with E-state index in [1.165, 1.54) is 12.7 Å². The zero-order valence-electron chi connectivity index (χ0n) is 8.90. The van der Waals surface area contributed by atoms with Crippen molar-refractivity contribution in [2.75, 3.05) is 7.11 Å². The van der Waals surface area contributed by atoms with E-state index in [0.717, 1.165) is 12.0 Å². The van der Waals surface area contributed by atoms with Gasteiger partial charge in [0.05, 0.1) is 7.11 Å². The van der Waals surface area contributed by atoms with Gasteiger partial charge >= 0.3 is 5.97 Å². The molecular formula is C11H16ClNO2. The Bertz CT molecular complexity index is 311. The van der Waals surface area contributed by atoms with E-state index in [0.29, 0.717) is 0 Å². The van der Waals surface area contributed by atoms with E-state index in [9.17, 15) is 4.79 Å². The highest BCUT2D eigenvalue weighted by molar-refractivity contribution is 5.85. The molecule has 0 radical (unpaired) electrons. The first-order chi connectivity index (χ1) is 6.69. The first kappa shape index (κ1) is 13.9. The zero-order valence-corrected chi connectivity index (χ0v) is 9.71. The predicted octanol–water partition coefficient (Wildman–Crippen LogP) is 1.84. The van der Waals surface area contributed by atoms with Crippen LogP contribution in [0.3, 0.4) is 0 Å². The third-order valence-electron chi connectivity index (χ3n) is 2.20. The van der Waals surface area contributed by atoms with Crippen LogP contribution in [0.5, 0.6) is 0 Å². The number of aryl methyl sites for hydroxylation is 1. The van der Waals surface area contributed by atoms with Gasteiger partial charge in [-0.1, -0.05) is 31.2 Å². The van der Waals surface area contributed by atoms with Crippen molar-refractivity contribution in [2.45, 2.75) is 19.4 Å². The second kappa shape index (κ2) is 6.43. The Balaban J connectivity index is 0.00000196. The lowest BCUT2D eigenvalue weighted by Gasteiger charge is -2.09. The molecule has 1 unspecified atom stereocenters. The van der Waals surface area contributed by atoms with Crippen LogP contribution in [0.25, 0.3) is 0 Å². The molecule has 0 heterocycles. The molecule has 1 atom stereocenters. The van der Waals surface area contributed by atoms with E-state index in [-0.39, 0.29) is 12.4 Å². The van der Waals surface area contributed by atoms with E-state index in [4.69, 9.17) is 5.73 Å². The number of hydrogen-bond donors (Lipinski definition) is 1. The normalized spacial score (nSPS) is 11.4. The van der Waals surface area contributed by atoms with Crippen molar-refractivity contribution >= 4 is 18.4 Å². The Labute approximate surface area is 96.0 Å². The quantitative estimate of drug-likeness (QED) is 0.805. The maximum Gasteiger partial charge on any atom is 0.327 e. The number of halogens is 1. The van der Waals surface area contributed by atoms with E-state index >= 15 is 0 Å². The summed E-state index contributed by atoms with van der Waals surface area (Å²) in [5.41, 5.74) is 7.68. The zero-order chi connectivity index (χ0) is 10.6. The molecular weight excluding hydrogens is 214 g/mol. The molecule has 1 aromatic rings. The van der Waals surface area contributed by atoms with Gasteiger partial charge in [0.2, 0.25) is 0 Å². The second-order valence-electron chi connectivity index (χ2n) is 3.10. The number of hydrogen-bond acceptors (Lipinski definition) is 3. The van der Waals surface area contributed by atoms with Gasteiger partial charge in [0, 0.05) is 0 Å². The molecule has 0 spiro atoms. The number of nitrogens with two attached hydrogens (primary N) is 1. The molecule has 0 aliphatic heterocycles. The number of ether oxygens (including phenoxy) is 1. The summed E-state index contributed by atoms with van der Waals surface area (Å²) in [6, 6.07) is 6.99. The highest BCUT2D eigenvalue weighted by atomic mass is 35.5. The van der Waals surface area contributed by atoms with Gasteiger partial charge in [-0.05, 0) is 17.5 Å². The fraction of sp³-hybridized carbons (Fsp3) is 0.364. The monoisotopic (exact) mass is 229 g/mol. The van der Waals surface area contributed by atoms with Crippen molar-refractivity contribution in [1.29, 1.82) is 0 Å². The Morgan fingerprint density at radius 2 is 1.93 bits per heavy atom. The van der Waals surface area contributed by atoms with Gasteiger partial charge in [0.1, 0.15) is 6.04 Å². The molecule has 1 rings (SSSR count). The van der Waals surface area contributed by atoms with E-state index in [1.807, 2.05) is 24.3 Å². The summed E-state index contributed by atoms with van der Waals surface area (Å²) in [5.74, 6) is -0.408. The molecule has 0 bridgehead atoms. The summed E-state index contributed by atoms with van der Waals surface area (Å²) in [6.45, 7) is 2.08. The van der Waals surface area contributed by atoms with Gasteiger partial charge in [-0.2, -0.15) is 0 Å². The number of carbonyl (C=O) groups is 1. The number of carbonyl (C=O) groups excluding carboxylic acids is 1. The molecule has 0 saturated heterocycles. The minimum Gasteiger partial charge on any atom is -0.468 e. The highest BCUT2D eigenvalue weighted by Crippen LogP contribution is 2.13. The van der Waals surface area contributed by atoms with Crippen molar-refractivity contribution in [3.8, 4) is 0 Å². The van der Waals surface area contributed by atoms with Crippen LogP contribution in [-0.4, -0.2) is 13.1 Å². The summed E-state index contributed by atoms with van der Waals surface area (Å²) in [7, 11) is 1.34. The van der Waals surface area contributed by atoms with Crippen LogP contribution in [0.2, 0.25) is 0 Å². The first-order valence-corrected chi connectivity index (χ1v) is 4.61. The minimum absolute atomic E-state index is 0. The Morgan fingerprint density at radius 3 is 2.33 bits per heavy atom. The highest BCUT2D eigenvalue weighted by Gasteiger charge is 2.15. The Hall–Kier alpha value is -1.06. The van der Waals surface area contributed by atoms with Gasteiger partial charge in [-0.25, -0.2) is 0 Å². The van der Waals surface area contributed by atoms with Gasteiger partial charge in [-0.3, -0.25) is 4.79 Å². The number of methoxy groups -OCH3 is 1. The van der Waals surface area contributed by atoms with Crippen LogP contribution < -0.4 is 5.73 Å². The molecule has 0 saturated carbocycles. The standard InChI is InChI=1S/C11H15NO2.ClH/c1-3-8-4-6-9(7-5-8)10(12)11(13)14-2;/h4-7,10H,3,12H2,1-2H3;1H. The maximum atomic E-state index is 11.1. The summed E-state index contributed by atoms with van der Waals surface area (Å²) >= 11 is 0. The maximum absolute atomic E-state index is 11.1. The summed E-state index contributed by atoms with van der Waals surface area (Å²) in [6.07, 6.45) is 0.980. The molecule has 0 aliphatic rings. The molecule has 0 fully saturated rings. The van der Waals surface area contributed by atoms with Crippen LogP contribution in [0.4, 0.5) is 0 Å². The van der Waals surface area contributed by atoms with Gasteiger partial charge < -0.3 is 10.5 Å². The number of rotatable bonds is 3. The summed E-state index contributed by atoms with van der Waals surface area (Å²) in [5, 5.41) is 0. The first-order valence-electron chi connectivity index (χ1n) is 4.61. The fourth-order valence-electron chi connectivity index (χ4n) is 1.22. The third-order valence-corrected chi connectivity index (χ3v) is 2.20. The average Bonchev–Trinajstić information content (AvgIpc) is 2.27. The molecule has 0 aromatic heterocycles. The number of benzene rings is 1. The Kier molecular flexibility index (Phi) is 5.97. The van der Waals surface area contributed by atoms with Gasteiger partial charge in [0.15, 0.2) is 0 Å². The van der Waals surface area contributed by atoms with Crippen LogP contribution >= 0.6 is 12.4 Å². The molecule has 1 aromatic carbocycles. The molecule has 0 amide bonds. The summed E-state index contributed by atoms with van der Waals surface area (Å²) < 4.78 is 4.56. The second-order valence-corrected chi connectivity index (χ2v) is 3.10. The number of esters is 1.